The highest BCUT2D eigenvalue weighted by Gasteiger charge is 2.30. The van der Waals surface area contributed by atoms with Gasteiger partial charge in [-0.05, 0) is 43.9 Å². The Balaban J connectivity index is 1.64. The summed E-state index contributed by atoms with van der Waals surface area (Å²) in [6.07, 6.45) is 3.54. The van der Waals surface area contributed by atoms with Crippen LogP contribution in [0.3, 0.4) is 0 Å². The van der Waals surface area contributed by atoms with Crippen LogP contribution in [-0.4, -0.2) is 38.5 Å². The molecule has 2 heterocycles. The second-order valence-electron chi connectivity index (χ2n) is 5.87. The van der Waals surface area contributed by atoms with E-state index in [4.69, 9.17) is 14.2 Å². The van der Waals surface area contributed by atoms with Crippen LogP contribution in [0.4, 0.5) is 0 Å². The minimum atomic E-state index is 0.0858. The number of nitrogens with one attached hydrogen (secondary N) is 1. The number of hydrogen-bond donors (Lipinski definition) is 1. The Morgan fingerprint density at radius 1 is 1.19 bits per heavy atom. The lowest BCUT2D eigenvalue weighted by Crippen LogP contribution is -2.49. The lowest BCUT2D eigenvalue weighted by atomic mass is 9.90. The monoisotopic (exact) mass is 291 g/mol. The Labute approximate surface area is 126 Å². The summed E-state index contributed by atoms with van der Waals surface area (Å²) in [6, 6.07) is 8.26. The van der Waals surface area contributed by atoms with Crippen molar-refractivity contribution in [1.29, 1.82) is 0 Å². The van der Waals surface area contributed by atoms with Crippen LogP contribution in [0.15, 0.2) is 24.3 Å². The molecule has 4 nitrogen and oxygen atoms in total. The van der Waals surface area contributed by atoms with Crippen molar-refractivity contribution in [2.75, 3.05) is 26.4 Å². The van der Waals surface area contributed by atoms with Crippen LogP contribution in [0.1, 0.15) is 26.2 Å². The molecule has 1 fully saturated rings. The van der Waals surface area contributed by atoms with Gasteiger partial charge in [-0.3, -0.25) is 0 Å². The quantitative estimate of drug-likeness (QED) is 0.905. The third kappa shape index (κ3) is 3.69. The van der Waals surface area contributed by atoms with Crippen LogP contribution in [0.25, 0.3) is 0 Å². The summed E-state index contributed by atoms with van der Waals surface area (Å²) < 4.78 is 17.5. The number of benzene rings is 1. The van der Waals surface area contributed by atoms with E-state index in [1.807, 2.05) is 24.3 Å². The molecule has 0 saturated carbocycles. The zero-order valence-corrected chi connectivity index (χ0v) is 12.7. The molecule has 2 unspecified atom stereocenters. The summed E-state index contributed by atoms with van der Waals surface area (Å²) >= 11 is 0. The minimum Gasteiger partial charge on any atom is -0.486 e. The molecule has 116 valence electrons. The number of fused-ring (bicyclic) bond motifs is 1. The number of ether oxygens (including phenoxy) is 3. The fourth-order valence-corrected chi connectivity index (χ4v) is 3.20. The zero-order valence-electron chi connectivity index (χ0n) is 12.7. The standard InChI is InChI=1S/C17H25NO3/c1-2-18-14(11-13-7-9-19-10-8-13)17-12-20-15-5-3-4-6-16(15)21-17/h3-6,13-14,17-18H,2,7-12H2,1H3. The van der Waals surface area contributed by atoms with Crippen molar-refractivity contribution in [3.8, 4) is 11.5 Å². The first-order valence-electron chi connectivity index (χ1n) is 8.06. The summed E-state index contributed by atoms with van der Waals surface area (Å²) in [6.45, 7) is 5.52. The summed E-state index contributed by atoms with van der Waals surface area (Å²) in [5, 5.41) is 3.58. The van der Waals surface area contributed by atoms with Gasteiger partial charge in [-0.2, -0.15) is 0 Å². The number of rotatable bonds is 5. The fraction of sp³-hybridized carbons (Fsp3) is 0.647. The van der Waals surface area contributed by atoms with Gasteiger partial charge in [0.1, 0.15) is 12.7 Å². The summed E-state index contributed by atoms with van der Waals surface area (Å²) in [4.78, 5) is 0. The molecule has 1 aromatic carbocycles. The number of likely N-dealkylation sites (N-methyl/N-ethyl adjacent to an activating group) is 1. The Hall–Kier alpha value is -1.26. The molecule has 1 saturated heterocycles. The maximum atomic E-state index is 6.17. The molecular formula is C17H25NO3. The lowest BCUT2D eigenvalue weighted by Gasteiger charge is -2.35. The van der Waals surface area contributed by atoms with Gasteiger partial charge < -0.3 is 19.5 Å². The normalized spacial score (nSPS) is 23.8. The molecule has 0 aromatic heterocycles. The van der Waals surface area contributed by atoms with E-state index in [1.165, 1.54) is 0 Å². The smallest absolute Gasteiger partial charge is 0.161 e. The highest BCUT2D eigenvalue weighted by Crippen LogP contribution is 2.33. The van der Waals surface area contributed by atoms with Crippen molar-refractivity contribution in [3.05, 3.63) is 24.3 Å². The van der Waals surface area contributed by atoms with Gasteiger partial charge in [0.2, 0.25) is 0 Å². The molecule has 2 aliphatic rings. The number of para-hydroxylation sites is 2. The average Bonchev–Trinajstić information content (AvgIpc) is 2.55. The Morgan fingerprint density at radius 3 is 2.71 bits per heavy atom. The van der Waals surface area contributed by atoms with Crippen molar-refractivity contribution in [1.82, 2.24) is 5.32 Å². The highest BCUT2D eigenvalue weighted by atomic mass is 16.6. The Morgan fingerprint density at radius 2 is 1.95 bits per heavy atom. The van der Waals surface area contributed by atoms with Gasteiger partial charge in [0.05, 0.1) is 0 Å². The maximum Gasteiger partial charge on any atom is 0.161 e. The van der Waals surface area contributed by atoms with E-state index in [1.54, 1.807) is 0 Å². The fourth-order valence-electron chi connectivity index (χ4n) is 3.20. The largest absolute Gasteiger partial charge is 0.486 e. The summed E-state index contributed by atoms with van der Waals surface area (Å²) in [5.41, 5.74) is 0. The van der Waals surface area contributed by atoms with Crippen LogP contribution in [0.2, 0.25) is 0 Å². The van der Waals surface area contributed by atoms with Crippen molar-refractivity contribution in [2.45, 2.75) is 38.3 Å². The SMILES string of the molecule is CCNC(CC1CCOCC1)C1COc2ccccc2O1. The second-order valence-corrected chi connectivity index (χ2v) is 5.87. The number of hydrogen-bond acceptors (Lipinski definition) is 4. The van der Waals surface area contributed by atoms with Crippen molar-refractivity contribution in [2.24, 2.45) is 5.92 Å². The van der Waals surface area contributed by atoms with Crippen LogP contribution in [-0.2, 0) is 4.74 Å². The van der Waals surface area contributed by atoms with Crippen molar-refractivity contribution in [3.63, 3.8) is 0 Å². The molecule has 0 radical (unpaired) electrons. The van der Waals surface area contributed by atoms with Crippen LogP contribution < -0.4 is 14.8 Å². The molecule has 4 heteroatoms. The first-order chi connectivity index (χ1) is 10.4. The van der Waals surface area contributed by atoms with E-state index in [0.29, 0.717) is 12.6 Å². The second kappa shape index (κ2) is 7.14. The van der Waals surface area contributed by atoms with Gasteiger partial charge in [-0.1, -0.05) is 19.1 Å². The van der Waals surface area contributed by atoms with Gasteiger partial charge in [-0.25, -0.2) is 0 Å². The van der Waals surface area contributed by atoms with E-state index >= 15 is 0 Å². The van der Waals surface area contributed by atoms with E-state index in [2.05, 4.69) is 12.2 Å². The molecule has 0 bridgehead atoms. The molecular weight excluding hydrogens is 266 g/mol. The van der Waals surface area contributed by atoms with E-state index in [0.717, 1.165) is 56.4 Å². The molecule has 2 aliphatic heterocycles. The molecule has 0 aliphatic carbocycles. The predicted molar refractivity (Wildman–Crippen MR) is 82.0 cm³/mol. The summed E-state index contributed by atoms with van der Waals surface area (Å²) in [7, 11) is 0. The van der Waals surface area contributed by atoms with Gasteiger partial charge in [0.25, 0.3) is 0 Å². The van der Waals surface area contributed by atoms with Crippen molar-refractivity contribution >= 4 is 0 Å². The third-order valence-corrected chi connectivity index (χ3v) is 4.37. The van der Waals surface area contributed by atoms with Gasteiger partial charge >= 0.3 is 0 Å². The first kappa shape index (κ1) is 14.7. The van der Waals surface area contributed by atoms with E-state index in [-0.39, 0.29) is 6.10 Å². The average molecular weight is 291 g/mol. The lowest BCUT2D eigenvalue weighted by molar-refractivity contribution is 0.0318. The molecule has 0 spiro atoms. The zero-order chi connectivity index (χ0) is 14.5. The maximum absolute atomic E-state index is 6.17. The summed E-state index contributed by atoms with van der Waals surface area (Å²) in [5.74, 6) is 2.45. The molecule has 2 atom stereocenters. The van der Waals surface area contributed by atoms with Crippen LogP contribution >= 0.6 is 0 Å². The first-order valence-corrected chi connectivity index (χ1v) is 8.06. The van der Waals surface area contributed by atoms with Gasteiger partial charge in [0.15, 0.2) is 11.5 Å². The molecule has 3 rings (SSSR count). The topological polar surface area (TPSA) is 39.7 Å². The molecule has 0 amide bonds. The highest BCUT2D eigenvalue weighted by molar-refractivity contribution is 5.40. The molecule has 1 N–H and O–H groups in total. The third-order valence-electron chi connectivity index (χ3n) is 4.37. The van der Waals surface area contributed by atoms with E-state index in [9.17, 15) is 0 Å². The van der Waals surface area contributed by atoms with E-state index < -0.39 is 0 Å². The van der Waals surface area contributed by atoms with Crippen LogP contribution in [0.5, 0.6) is 11.5 Å². The minimum absolute atomic E-state index is 0.0858. The Bertz CT molecular complexity index is 445. The van der Waals surface area contributed by atoms with Gasteiger partial charge in [-0.15, -0.1) is 0 Å². The van der Waals surface area contributed by atoms with Crippen LogP contribution in [0, 0.1) is 5.92 Å². The van der Waals surface area contributed by atoms with Crippen molar-refractivity contribution < 1.29 is 14.2 Å². The molecule has 1 aromatic rings. The Kier molecular flexibility index (Phi) is 4.99. The predicted octanol–water partition coefficient (Wildman–Crippen LogP) is 2.62. The van der Waals surface area contributed by atoms with Gasteiger partial charge in [0, 0.05) is 19.3 Å². The molecule has 21 heavy (non-hydrogen) atoms.